The van der Waals surface area contributed by atoms with Crippen LogP contribution in [0.2, 0.25) is 0 Å². The lowest BCUT2D eigenvalue weighted by atomic mass is 10.2. The van der Waals surface area contributed by atoms with E-state index in [0.717, 1.165) is 0 Å². The van der Waals surface area contributed by atoms with Gasteiger partial charge in [0.2, 0.25) is 0 Å². The molecule has 1 N–H and O–H groups in total. The summed E-state index contributed by atoms with van der Waals surface area (Å²) in [4.78, 5) is 3.82. The number of thiazole rings is 1. The highest BCUT2D eigenvalue weighted by Crippen LogP contribution is 2.20. The standard InChI is InChI=1S/C6H9NOS/c1-6(2,8)5-7-3-4-9-5/h3-4,8H,1-2H3/i3D. The third-order valence-electron chi connectivity index (χ3n) is 0.913. The van der Waals surface area contributed by atoms with Gasteiger partial charge in [0.05, 0.1) is 1.37 Å². The number of aliphatic hydroxyl groups is 1. The van der Waals surface area contributed by atoms with E-state index >= 15 is 0 Å². The molecule has 9 heavy (non-hydrogen) atoms. The Kier molecular flexibility index (Phi) is 1.24. The second-order valence-corrected chi connectivity index (χ2v) is 3.20. The SMILES string of the molecule is [2H]c1csc(C(C)(C)O)n1. The van der Waals surface area contributed by atoms with Crippen LogP contribution in [0.1, 0.15) is 20.2 Å². The van der Waals surface area contributed by atoms with E-state index in [1.807, 2.05) is 0 Å². The molecule has 0 atom stereocenters. The highest BCUT2D eigenvalue weighted by Gasteiger charge is 2.17. The van der Waals surface area contributed by atoms with E-state index in [0.29, 0.717) is 5.01 Å². The van der Waals surface area contributed by atoms with Crippen molar-refractivity contribution in [1.29, 1.82) is 0 Å². The highest BCUT2D eigenvalue weighted by molar-refractivity contribution is 7.09. The summed E-state index contributed by atoms with van der Waals surface area (Å²) in [5, 5.41) is 11.6. The molecule has 3 heteroatoms. The van der Waals surface area contributed by atoms with E-state index in [-0.39, 0.29) is 6.17 Å². The van der Waals surface area contributed by atoms with Gasteiger partial charge in [0, 0.05) is 11.6 Å². The van der Waals surface area contributed by atoms with Crippen LogP contribution in [-0.2, 0) is 5.60 Å². The Morgan fingerprint density at radius 3 is 2.78 bits per heavy atom. The second kappa shape index (κ2) is 2.08. The molecule has 0 aliphatic carbocycles. The third kappa shape index (κ3) is 1.50. The van der Waals surface area contributed by atoms with Gasteiger partial charge in [0.25, 0.3) is 0 Å². The molecule has 0 unspecified atom stereocenters. The molecule has 0 aliphatic heterocycles. The molecule has 0 saturated carbocycles. The third-order valence-corrected chi connectivity index (χ3v) is 1.95. The van der Waals surface area contributed by atoms with Gasteiger partial charge in [-0.15, -0.1) is 11.3 Å². The predicted molar refractivity (Wildman–Crippen MR) is 37.4 cm³/mol. The lowest BCUT2D eigenvalue weighted by Gasteiger charge is -2.11. The molecule has 0 aromatic carbocycles. The van der Waals surface area contributed by atoms with Gasteiger partial charge in [0.15, 0.2) is 0 Å². The molecule has 0 spiro atoms. The number of nitrogens with zero attached hydrogens (tertiary/aromatic N) is 1. The van der Waals surface area contributed by atoms with Crippen LogP contribution in [-0.4, -0.2) is 10.1 Å². The minimum absolute atomic E-state index is 0.224. The molecule has 0 fully saturated rings. The van der Waals surface area contributed by atoms with Crippen LogP contribution in [0.5, 0.6) is 0 Å². The van der Waals surface area contributed by atoms with Gasteiger partial charge in [-0.05, 0) is 13.8 Å². The molecule has 2 nitrogen and oxygen atoms in total. The number of aromatic nitrogens is 1. The van der Waals surface area contributed by atoms with Crippen LogP contribution >= 0.6 is 11.3 Å². The highest BCUT2D eigenvalue weighted by atomic mass is 32.1. The van der Waals surface area contributed by atoms with Crippen LogP contribution < -0.4 is 0 Å². The van der Waals surface area contributed by atoms with Crippen molar-refractivity contribution in [3.63, 3.8) is 0 Å². The Morgan fingerprint density at radius 1 is 1.89 bits per heavy atom. The molecule has 50 valence electrons. The molecular weight excluding hydrogens is 134 g/mol. The lowest BCUT2D eigenvalue weighted by molar-refractivity contribution is 0.0783. The van der Waals surface area contributed by atoms with Crippen LogP contribution in [0.3, 0.4) is 0 Å². The molecule has 0 bridgehead atoms. The van der Waals surface area contributed by atoms with Crippen LogP contribution in [0.25, 0.3) is 0 Å². The first-order valence-electron chi connectivity index (χ1n) is 3.15. The van der Waals surface area contributed by atoms with Gasteiger partial charge in [0.1, 0.15) is 10.6 Å². The van der Waals surface area contributed by atoms with Crippen molar-refractivity contribution >= 4 is 11.3 Å². The number of hydrogen-bond acceptors (Lipinski definition) is 3. The first-order chi connectivity index (χ1) is 4.50. The Balaban J connectivity index is 2.96. The van der Waals surface area contributed by atoms with Gasteiger partial charge in [-0.1, -0.05) is 0 Å². The Bertz CT molecular complexity index is 228. The Morgan fingerprint density at radius 2 is 2.56 bits per heavy atom. The first-order valence-corrected chi connectivity index (χ1v) is 3.53. The minimum Gasteiger partial charge on any atom is -0.383 e. The van der Waals surface area contributed by atoms with E-state index in [1.54, 1.807) is 19.2 Å². The number of hydrogen-bond donors (Lipinski definition) is 1. The van der Waals surface area contributed by atoms with Crippen molar-refractivity contribution in [2.75, 3.05) is 0 Å². The van der Waals surface area contributed by atoms with Crippen molar-refractivity contribution in [2.24, 2.45) is 0 Å². The van der Waals surface area contributed by atoms with E-state index in [1.165, 1.54) is 11.3 Å². The van der Waals surface area contributed by atoms with E-state index in [4.69, 9.17) is 1.37 Å². The predicted octanol–water partition coefficient (Wildman–Crippen LogP) is 1.37. The first kappa shape index (κ1) is 5.38. The summed E-state index contributed by atoms with van der Waals surface area (Å²) in [5.74, 6) is 0. The van der Waals surface area contributed by atoms with Crippen molar-refractivity contribution in [2.45, 2.75) is 19.4 Å². The van der Waals surface area contributed by atoms with Crippen molar-refractivity contribution in [3.05, 3.63) is 16.6 Å². The second-order valence-electron chi connectivity index (χ2n) is 2.34. The summed E-state index contributed by atoms with van der Waals surface area (Å²) in [6.45, 7) is 3.32. The summed E-state index contributed by atoms with van der Waals surface area (Å²) in [5.41, 5.74) is -0.899. The zero-order valence-corrected chi connectivity index (χ0v) is 6.20. The molecule has 0 aliphatic rings. The molecule has 0 radical (unpaired) electrons. The number of rotatable bonds is 1. The summed E-state index contributed by atoms with van der Waals surface area (Å²) >= 11 is 1.31. The summed E-state index contributed by atoms with van der Waals surface area (Å²) in [6, 6.07) is 0. The Labute approximate surface area is 59.6 Å². The van der Waals surface area contributed by atoms with Crippen LogP contribution in [0.4, 0.5) is 0 Å². The van der Waals surface area contributed by atoms with Gasteiger partial charge < -0.3 is 5.11 Å². The molecule has 0 saturated heterocycles. The van der Waals surface area contributed by atoms with Gasteiger partial charge in [-0.25, -0.2) is 4.98 Å². The fraction of sp³-hybridized carbons (Fsp3) is 0.500. The quantitative estimate of drug-likeness (QED) is 0.645. The van der Waals surface area contributed by atoms with E-state index in [2.05, 4.69) is 4.98 Å². The monoisotopic (exact) mass is 144 g/mol. The van der Waals surface area contributed by atoms with Crippen LogP contribution in [0, 0.1) is 0 Å². The fourth-order valence-corrected chi connectivity index (χ4v) is 1.09. The maximum atomic E-state index is 9.37. The van der Waals surface area contributed by atoms with Crippen molar-refractivity contribution in [1.82, 2.24) is 4.98 Å². The zero-order valence-electron chi connectivity index (χ0n) is 6.38. The van der Waals surface area contributed by atoms with Gasteiger partial charge in [-0.3, -0.25) is 0 Å². The molecule has 0 amide bonds. The maximum absolute atomic E-state index is 9.37. The normalized spacial score (nSPS) is 13.4. The topological polar surface area (TPSA) is 33.1 Å². The lowest BCUT2D eigenvalue weighted by Crippen LogP contribution is -2.14. The zero-order chi connectivity index (χ0) is 7.78. The minimum atomic E-state index is -0.899. The summed E-state index contributed by atoms with van der Waals surface area (Å²) < 4.78 is 7.08. The van der Waals surface area contributed by atoms with E-state index in [9.17, 15) is 5.11 Å². The van der Waals surface area contributed by atoms with Crippen LogP contribution in [0.15, 0.2) is 11.6 Å². The molecule has 1 aromatic heterocycles. The van der Waals surface area contributed by atoms with Crippen molar-refractivity contribution in [3.8, 4) is 0 Å². The maximum Gasteiger partial charge on any atom is 0.124 e. The molecule has 1 rings (SSSR count). The van der Waals surface area contributed by atoms with Gasteiger partial charge >= 0.3 is 0 Å². The summed E-state index contributed by atoms with van der Waals surface area (Å²) in [7, 11) is 0. The smallest absolute Gasteiger partial charge is 0.124 e. The van der Waals surface area contributed by atoms with Crippen molar-refractivity contribution < 1.29 is 6.48 Å². The average Bonchev–Trinajstić information content (AvgIpc) is 2.11. The average molecular weight is 144 g/mol. The fourth-order valence-electron chi connectivity index (χ4n) is 0.475. The van der Waals surface area contributed by atoms with E-state index < -0.39 is 5.60 Å². The largest absolute Gasteiger partial charge is 0.383 e. The Hall–Kier alpha value is -0.410. The summed E-state index contributed by atoms with van der Waals surface area (Å²) in [6.07, 6.45) is 0.224. The van der Waals surface area contributed by atoms with Gasteiger partial charge in [-0.2, -0.15) is 0 Å². The molecule has 1 aromatic rings. The molecular formula is C6H9NOS. The molecule has 1 heterocycles.